The summed E-state index contributed by atoms with van der Waals surface area (Å²) < 4.78 is 2.42. The number of nitrogens with one attached hydrogen (secondary N) is 1. The second-order valence-electron chi connectivity index (χ2n) is 9.85. The molecule has 7 rings (SSSR count). The van der Waals surface area contributed by atoms with E-state index in [4.69, 9.17) is 5.73 Å². The van der Waals surface area contributed by atoms with Gasteiger partial charge >= 0.3 is 0 Å². The van der Waals surface area contributed by atoms with Gasteiger partial charge in [0.2, 0.25) is 0 Å². The Morgan fingerprint density at radius 2 is 1.61 bits per heavy atom. The summed E-state index contributed by atoms with van der Waals surface area (Å²) in [5.41, 5.74) is 15.4. The van der Waals surface area contributed by atoms with Crippen LogP contribution < -0.4 is 11.1 Å². The number of allylic oxidation sites excluding steroid dienone is 3. The van der Waals surface area contributed by atoms with Crippen molar-refractivity contribution in [2.24, 2.45) is 0 Å². The number of nitrogens with zero attached hydrogens (tertiary/aromatic N) is 1. The number of hydrogen-bond donors (Lipinski definition) is 2. The topological polar surface area (TPSA) is 43.0 Å². The molecule has 2 atom stereocenters. The molecule has 0 saturated heterocycles. The van der Waals surface area contributed by atoms with E-state index < -0.39 is 0 Å². The Hall–Kier alpha value is -3.89. The third-order valence-corrected chi connectivity index (χ3v) is 9.27. The highest BCUT2D eigenvalue weighted by Crippen LogP contribution is 2.54. The highest BCUT2D eigenvalue weighted by molar-refractivity contribution is 8.00. The molecule has 0 bridgehead atoms. The minimum atomic E-state index is -0.127. The van der Waals surface area contributed by atoms with E-state index in [-0.39, 0.29) is 5.41 Å². The number of benzene rings is 4. The van der Waals surface area contributed by atoms with Crippen molar-refractivity contribution in [2.45, 2.75) is 22.5 Å². The summed E-state index contributed by atoms with van der Waals surface area (Å²) >= 11 is 1.93. The molecule has 2 aliphatic rings. The van der Waals surface area contributed by atoms with Crippen LogP contribution in [0.1, 0.15) is 18.1 Å². The summed E-state index contributed by atoms with van der Waals surface area (Å²) in [6, 6.07) is 30.3. The normalized spacial score (nSPS) is 20.4. The third-order valence-electron chi connectivity index (χ3n) is 7.76. The Morgan fingerprint density at radius 1 is 0.889 bits per heavy atom. The maximum Gasteiger partial charge on any atom is 0.0561 e. The average molecular weight is 486 g/mol. The van der Waals surface area contributed by atoms with Gasteiger partial charge in [0, 0.05) is 50.3 Å². The van der Waals surface area contributed by atoms with Gasteiger partial charge in [0.15, 0.2) is 0 Å². The molecule has 0 fully saturated rings. The zero-order valence-electron chi connectivity index (χ0n) is 20.3. The van der Waals surface area contributed by atoms with Gasteiger partial charge in [-0.05, 0) is 53.6 Å². The number of hydrogen-bond acceptors (Lipinski definition) is 3. The van der Waals surface area contributed by atoms with E-state index in [0.29, 0.717) is 5.25 Å². The van der Waals surface area contributed by atoms with Crippen LogP contribution in [0.2, 0.25) is 0 Å². The predicted molar refractivity (Wildman–Crippen MR) is 155 cm³/mol. The Balaban J connectivity index is 1.51. The molecule has 2 heterocycles. The lowest BCUT2D eigenvalue weighted by molar-refractivity contribution is 0.623. The van der Waals surface area contributed by atoms with Gasteiger partial charge in [0.1, 0.15) is 0 Å². The molecule has 1 aliphatic carbocycles. The first-order chi connectivity index (χ1) is 17.6. The number of nitrogens with two attached hydrogens (primary N) is 1. The number of para-hydroxylation sites is 2. The van der Waals surface area contributed by atoms with Gasteiger partial charge in [-0.25, -0.2) is 0 Å². The molecule has 3 nitrogen and oxygen atoms in total. The maximum atomic E-state index is 6.24. The summed E-state index contributed by atoms with van der Waals surface area (Å²) in [6.45, 7) is 2.35. The lowest BCUT2D eigenvalue weighted by atomic mass is 9.74. The highest BCUT2D eigenvalue weighted by atomic mass is 32.2. The summed E-state index contributed by atoms with van der Waals surface area (Å²) in [4.78, 5) is 1.32. The molecular weight excluding hydrogens is 458 g/mol. The van der Waals surface area contributed by atoms with Crippen LogP contribution in [0.15, 0.2) is 108 Å². The van der Waals surface area contributed by atoms with E-state index in [1.807, 2.05) is 24.9 Å². The second kappa shape index (κ2) is 7.81. The number of fused-ring (bicyclic) bond motifs is 6. The van der Waals surface area contributed by atoms with E-state index in [0.717, 1.165) is 11.4 Å². The quantitative estimate of drug-likeness (QED) is 0.256. The van der Waals surface area contributed by atoms with Crippen molar-refractivity contribution >= 4 is 50.5 Å². The molecule has 1 aliphatic heterocycles. The van der Waals surface area contributed by atoms with Crippen LogP contribution in [0.25, 0.3) is 33.1 Å². The number of rotatable bonds is 3. The van der Waals surface area contributed by atoms with Crippen LogP contribution in [0.3, 0.4) is 0 Å². The van der Waals surface area contributed by atoms with E-state index in [1.54, 1.807) is 0 Å². The van der Waals surface area contributed by atoms with Gasteiger partial charge in [0.05, 0.1) is 16.7 Å². The molecule has 36 heavy (non-hydrogen) atoms. The molecule has 4 aromatic carbocycles. The van der Waals surface area contributed by atoms with E-state index in [9.17, 15) is 0 Å². The van der Waals surface area contributed by atoms with Crippen LogP contribution in [0.4, 0.5) is 11.4 Å². The van der Waals surface area contributed by atoms with Gasteiger partial charge < -0.3 is 15.6 Å². The number of thioether (sulfide) groups is 1. The Kier molecular flexibility index (Phi) is 4.64. The number of anilines is 2. The first-order valence-electron chi connectivity index (χ1n) is 12.4. The predicted octanol–water partition coefficient (Wildman–Crippen LogP) is 7.79. The van der Waals surface area contributed by atoms with Crippen molar-refractivity contribution < 1.29 is 0 Å². The van der Waals surface area contributed by atoms with Crippen LogP contribution in [0.5, 0.6) is 0 Å². The second-order valence-corrected chi connectivity index (χ2v) is 11.0. The molecule has 0 saturated carbocycles. The van der Waals surface area contributed by atoms with Gasteiger partial charge in [-0.2, -0.15) is 0 Å². The molecule has 1 aromatic heterocycles. The summed E-state index contributed by atoms with van der Waals surface area (Å²) in [7, 11) is 2.01. The monoisotopic (exact) mass is 485 g/mol. The SMILES string of the molecule is CNc1cccc(-n2c3ccccc3c3ccccc32)c1C1=CC2(C)c3cc(N)ccc3SC2C=C1. The summed E-state index contributed by atoms with van der Waals surface area (Å²) in [5.74, 6) is 0. The first kappa shape index (κ1) is 21.4. The molecule has 0 amide bonds. The fourth-order valence-corrected chi connectivity index (χ4v) is 7.44. The van der Waals surface area contributed by atoms with Crippen LogP contribution >= 0.6 is 11.8 Å². The Labute approximate surface area is 215 Å². The standard InChI is InChI=1S/C32H27N3S/c1-32-19-20(14-17-30(32)36-29-16-15-21(33)18-24(29)32)31-25(34-2)10-7-13-28(31)35-26-11-5-3-8-22(26)23-9-4-6-12-27(23)35/h3-19,30,34H,33H2,1-2H3. The molecule has 176 valence electrons. The van der Waals surface area contributed by atoms with Crippen molar-refractivity contribution in [2.75, 3.05) is 18.1 Å². The molecule has 0 radical (unpaired) electrons. The molecule has 0 spiro atoms. The van der Waals surface area contributed by atoms with Gasteiger partial charge in [-0.1, -0.05) is 67.6 Å². The average Bonchev–Trinajstić information content (AvgIpc) is 3.39. The molecule has 4 heteroatoms. The van der Waals surface area contributed by atoms with E-state index in [2.05, 4.69) is 114 Å². The van der Waals surface area contributed by atoms with Crippen LogP contribution in [0, 0.1) is 0 Å². The van der Waals surface area contributed by atoms with Crippen molar-refractivity contribution in [1.82, 2.24) is 4.57 Å². The minimum Gasteiger partial charge on any atom is -0.399 e. The number of aromatic nitrogens is 1. The Bertz CT molecular complexity index is 1690. The lowest BCUT2D eigenvalue weighted by Crippen LogP contribution is -2.29. The first-order valence-corrected chi connectivity index (χ1v) is 13.2. The van der Waals surface area contributed by atoms with Gasteiger partial charge in [-0.15, -0.1) is 11.8 Å². The van der Waals surface area contributed by atoms with Gasteiger partial charge in [0.25, 0.3) is 0 Å². The fourth-order valence-electron chi connectivity index (χ4n) is 6.02. The van der Waals surface area contributed by atoms with Crippen LogP contribution in [-0.2, 0) is 5.41 Å². The van der Waals surface area contributed by atoms with Crippen molar-refractivity contribution in [1.29, 1.82) is 0 Å². The highest BCUT2D eigenvalue weighted by Gasteiger charge is 2.43. The fraction of sp³-hybridized carbons (Fsp3) is 0.125. The Morgan fingerprint density at radius 3 is 2.33 bits per heavy atom. The van der Waals surface area contributed by atoms with Crippen LogP contribution in [-0.4, -0.2) is 16.9 Å². The lowest BCUT2D eigenvalue weighted by Gasteiger charge is -2.32. The van der Waals surface area contributed by atoms with Gasteiger partial charge in [-0.3, -0.25) is 0 Å². The zero-order valence-corrected chi connectivity index (χ0v) is 21.1. The minimum absolute atomic E-state index is 0.127. The smallest absolute Gasteiger partial charge is 0.0561 e. The van der Waals surface area contributed by atoms with E-state index >= 15 is 0 Å². The zero-order chi connectivity index (χ0) is 24.4. The van der Waals surface area contributed by atoms with Crippen molar-refractivity contribution in [3.05, 3.63) is 114 Å². The molecule has 5 aromatic rings. The largest absolute Gasteiger partial charge is 0.399 e. The maximum absolute atomic E-state index is 6.24. The molecule has 3 N–H and O–H groups in total. The van der Waals surface area contributed by atoms with Crippen molar-refractivity contribution in [3.63, 3.8) is 0 Å². The van der Waals surface area contributed by atoms with E-state index in [1.165, 1.54) is 49.1 Å². The number of nitrogen functional groups attached to an aromatic ring is 1. The van der Waals surface area contributed by atoms with Crippen molar-refractivity contribution in [3.8, 4) is 5.69 Å². The molecular formula is C32H27N3S. The summed E-state index contributed by atoms with van der Waals surface area (Å²) in [5, 5.41) is 6.37. The third kappa shape index (κ3) is 2.94. The summed E-state index contributed by atoms with van der Waals surface area (Å²) in [6.07, 6.45) is 7.14. The molecule has 2 unspecified atom stereocenters.